The molecule has 1 aliphatic heterocycles. The van der Waals surface area contributed by atoms with Crippen LogP contribution in [0.15, 0.2) is 0 Å². The summed E-state index contributed by atoms with van der Waals surface area (Å²) in [4.78, 5) is 11.1. The Hall–Kier alpha value is -0.700. The summed E-state index contributed by atoms with van der Waals surface area (Å²) < 4.78 is 32.6. The van der Waals surface area contributed by atoms with Crippen LogP contribution in [-0.2, 0) is 19.7 Å². The van der Waals surface area contributed by atoms with E-state index >= 15 is 0 Å². The third-order valence-electron chi connectivity index (χ3n) is 3.06. The highest BCUT2D eigenvalue weighted by Gasteiger charge is 2.32. The second-order valence-electron chi connectivity index (χ2n) is 4.34. The van der Waals surface area contributed by atoms with Crippen molar-refractivity contribution < 1.29 is 23.1 Å². The molecule has 0 spiro atoms. The highest BCUT2D eigenvalue weighted by molar-refractivity contribution is 7.87. The molecule has 0 bridgehead atoms. The molecule has 0 saturated carbocycles. The Balaban J connectivity index is 2.75. The lowest BCUT2D eigenvalue weighted by molar-refractivity contribution is -0.140. The van der Waals surface area contributed by atoms with Crippen molar-refractivity contribution in [1.29, 1.82) is 0 Å². The molecule has 0 radical (unpaired) electrons. The Morgan fingerprint density at radius 3 is 2.44 bits per heavy atom. The van der Waals surface area contributed by atoms with Crippen LogP contribution in [0.1, 0.15) is 20.3 Å². The van der Waals surface area contributed by atoms with Gasteiger partial charge in [0.15, 0.2) is 0 Å². The van der Waals surface area contributed by atoms with Crippen molar-refractivity contribution in [3.8, 4) is 0 Å². The summed E-state index contributed by atoms with van der Waals surface area (Å²) >= 11 is 0. The number of ether oxygens (including phenoxy) is 1. The molecule has 106 valence electrons. The van der Waals surface area contributed by atoms with Gasteiger partial charge in [0.05, 0.1) is 13.2 Å². The van der Waals surface area contributed by atoms with Crippen LogP contribution in [0, 0.1) is 5.92 Å². The van der Waals surface area contributed by atoms with Crippen LogP contribution < -0.4 is 4.72 Å². The molecular weight excluding hydrogens is 260 g/mol. The number of nitrogens with zero attached hydrogens (tertiary/aromatic N) is 1. The fourth-order valence-corrected chi connectivity index (χ4v) is 3.10. The molecule has 1 unspecified atom stereocenters. The van der Waals surface area contributed by atoms with Crippen molar-refractivity contribution in [3.05, 3.63) is 0 Å². The van der Waals surface area contributed by atoms with Crippen LogP contribution in [-0.4, -0.2) is 56.1 Å². The van der Waals surface area contributed by atoms with Gasteiger partial charge in [-0.1, -0.05) is 20.3 Å². The topological polar surface area (TPSA) is 95.9 Å². The molecule has 2 atom stereocenters. The van der Waals surface area contributed by atoms with Gasteiger partial charge in [-0.05, 0) is 5.92 Å². The van der Waals surface area contributed by atoms with Gasteiger partial charge < -0.3 is 9.84 Å². The highest BCUT2D eigenvalue weighted by Crippen LogP contribution is 2.11. The van der Waals surface area contributed by atoms with Gasteiger partial charge in [0.2, 0.25) is 0 Å². The number of hydrogen-bond acceptors (Lipinski definition) is 4. The summed E-state index contributed by atoms with van der Waals surface area (Å²) in [5.74, 6) is -1.42. The molecule has 0 aromatic carbocycles. The SMILES string of the molecule is CCC(C)[C@H](NS(=O)(=O)N1CCOCC1)C(=O)O. The summed E-state index contributed by atoms with van der Waals surface area (Å²) in [6.45, 7) is 4.71. The molecule has 18 heavy (non-hydrogen) atoms. The van der Waals surface area contributed by atoms with E-state index in [2.05, 4.69) is 4.72 Å². The summed E-state index contributed by atoms with van der Waals surface area (Å²) in [5, 5.41) is 9.07. The Bertz CT molecular complexity index is 378. The normalized spacial score (nSPS) is 21.4. The zero-order chi connectivity index (χ0) is 13.8. The number of morpholine rings is 1. The predicted octanol–water partition coefficient (Wildman–Crippen LogP) is -0.348. The van der Waals surface area contributed by atoms with Crippen molar-refractivity contribution in [2.24, 2.45) is 5.92 Å². The van der Waals surface area contributed by atoms with Crippen LogP contribution >= 0.6 is 0 Å². The number of carboxylic acid groups (broad SMARTS) is 1. The molecule has 0 aliphatic carbocycles. The van der Waals surface area contributed by atoms with E-state index in [1.807, 2.05) is 6.92 Å². The third-order valence-corrected chi connectivity index (χ3v) is 4.66. The molecule has 7 nitrogen and oxygen atoms in total. The number of carboxylic acids is 1. The number of carbonyl (C=O) groups is 1. The Morgan fingerprint density at radius 2 is 2.00 bits per heavy atom. The number of rotatable bonds is 6. The van der Waals surface area contributed by atoms with E-state index in [4.69, 9.17) is 9.84 Å². The number of hydrogen-bond donors (Lipinski definition) is 2. The minimum Gasteiger partial charge on any atom is -0.480 e. The van der Waals surface area contributed by atoms with Gasteiger partial charge >= 0.3 is 5.97 Å². The fourth-order valence-electron chi connectivity index (χ4n) is 1.67. The molecule has 1 fully saturated rings. The molecule has 0 aromatic rings. The van der Waals surface area contributed by atoms with E-state index in [9.17, 15) is 13.2 Å². The Kier molecular flexibility index (Phi) is 5.51. The quantitative estimate of drug-likeness (QED) is 0.693. The number of nitrogens with one attached hydrogen (secondary N) is 1. The second-order valence-corrected chi connectivity index (χ2v) is 6.04. The van der Waals surface area contributed by atoms with Gasteiger partial charge in [-0.25, -0.2) is 0 Å². The second kappa shape index (κ2) is 6.46. The zero-order valence-electron chi connectivity index (χ0n) is 10.6. The molecule has 8 heteroatoms. The average Bonchev–Trinajstić information content (AvgIpc) is 2.36. The molecule has 1 heterocycles. The lowest BCUT2D eigenvalue weighted by atomic mass is 10.0. The maximum absolute atomic E-state index is 12.0. The maximum atomic E-state index is 12.0. The first-order chi connectivity index (χ1) is 8.38. The van der Waals surface area contributed by atoms with Crippen LogP contribution in [0.2, 0.25) is 0 Å². The van der Waals surface area contributed by atoms with Crippen LogP contribution in [0.25, 0.3) is 0 Å². The van der Waals surface area contributed by atoms with E-state index in [-0.39, 0.29) is 19.0 Å². The molecule has 0 aromatic heterocycles. The standard InChI is InChI=1S/C10H20N2O5S/c1-3-8(2)9(10(13)14)11-18(15,16)12-4-6-17-7-5-12/h8-9,11H,3-7H2,1-2H3,(H,13,14)/t8?,9-/m0/s1. The largest absolute Gasteiger partial charge is 0.480 e. The van der Waals surface area contributed by atoms with E-state index in [0.717, 1.165) is 0 Å². The zero-order valence-corrected chi connectivity index (χ0v) is 11.4. The van der Waals surface area contributed by atoms with E-state index in [1.165, 1.54) is 4.31 Å². The predicted molar refractivity (Wildman–Crippen MR) is 65.3 cm³/mol. The third kappa shape index (κ3) is 3.91. The van der Waals surface area contributed by atoms with Crippen molar-refractivity contribution >= 4 is 16.2 Å². The molecular formula is C10H20N2O5S. The smallest absolute Gasteiger partial charge is 0.322 e. The van der Waals surface area contributed by atoms with Crippen molar-refractivity contribution in [2.75, 3.05) is 26.3 Å². The lowest BCUT2D eigenvalue weighted by Crippen LogP contribution is -2.53. The molecule has 1 aliphatic rings. The van der Waals surface area contributed by atoms with Crippen molar-refractivity contribution in [3.63, 3.8) is 0 Å². The van der Waals surface area contributed by atoms with Gasteiger partial charge in [0.25, 0.3) is 10.2 Å². The monoisotopic (exact) mass is 280 g/mol. The van der Waals surface area contributed by atoms with Gasteiger partial charge in [0, 0.05) is 13.1 Å². The average molecular weight is 280 g/mol. The highest BCUT2D eigenvalue weighted by atomic mass is 32.2. The van der Waals surface area contributed by atoms with Gasteiger partial charge in [-0.15, -0.1) is 0 Å². The first-order valence-corrected chi connectivity index (χ1v) is 7.40. The molecule has 2 N–H and O–H groups in total. The summed E-state index contributed by atoms with van der Waals surface area (Å²) in [5.41, 5.74) is 0. The summed E-state index contributed by atoms with van der Waals surface area (Å²) in [6, 6.07) is -1.09. The fraction of sp³-hybridized carbons (Fsp3) is 0.900. The van der Waals surface area contributed by atoms with Gasteiger partial charge in [-0.2, -0.15) is 17.4 Å². The van der Waals surface area contributed by atoms with Crippen LogP contribution in [0.5, 0.6) is 0 Å². The van der Waals surface area contributed by atoms with Gasteiger partial charge in [0.1, 0.15) is 6.04 Å². The van der Waals surface area contributed by atoms with E-state index in [1.54, 1.807) is 6.92 Å². The molecule has 1 saturated heterocycles. The summed E-state index contributed by atoms with van der Waals surface area (Å²) in [6.07, 6.45) is 0.586. The lowest BCUT2D eigenvalue weighted by Gasteiger charge is -2.29. The maximum Gasteiger partial charge on any atom is 0.322 e. The number of aliphatic carboxylic acids is 1. The molecule has 1 rings (SSSR count). The van der Waals surface area contributed by atoms with Crippen LogP contribution in [0.4, 0.5) is 0 Å². The minimum atomic E-state index is -3.76. The first-order valence-electron chi connectivity index (χ1n) is 5.96. The van der Waals surface area contributed by atoms with E-state index < -0.39 is 22.2 Å². The van der Waals surface area contributed by atoms with Crippen LogP contribution in [0.3, 0.4) is 0 Å². The first kappa shape index (κ1) is 15.4. The molecule has 0 amide bonds. The minimum absolute atomic E-state index is 0.252. The van der Waals surface area contributed by atoms with E-state index in [0.29, 0.717) is 19.6 Å². The van der Waals surface area contributed by atoms with Crippen molar-refractivity contribution in [2.45, 2.75) is 26.3 Å². The Labute approximate surface area is 107 Å². The Morgan fingerprint density at radius 1 is 1.44 bits per heavy atom. The summed E-state index contributed by atoms with van der Waals surface area (Å²) in [7, 11) is -3.76. The van der Waals surface area contributed by atoms with Gasteiger partial charge in [-0.3, -0.25) is 4.79 Å². The van der Waals surface area contributed by atoms with Crippen molar-refractivity contribution in [1.82, 2.24) is 9.03 Å².